The molecule has 41 heavy (non-hydrogen) atoms. The van der Waals surface area contributed by atoms with Crippen molar-refractivity contribution >= 4 is 32.1 Å². The molecule has 12 heteroatoms. The van der Waals surface area contributed by atoms with Gasteiger partial charge >= 0.3 is 5.69 Å². The summed E-state index contributed by atoms with van der Waals surface area (Å²) >= 11 is 0. The molecule has 1 aromatic carbocycles. The average Bonchev–Trinajstić information content (AvgIpc) is 3.61. The van der Waals surface area contributed by atoms with Crippen LogP contribution in [0.1, 0.15) is 37.3 Å². The summed E-state index contributed by atoms with van der Waals surface area (Å²) in [6.07, 6.45) is 10.1. The lowest BCUT2D eigenvalue weighted by atomic mass is 9.68. The summed E-state index contributed by atoms with van der Waals surface area (Å²) < 4.78 is 30.9. The number of nitrogens with zero attached hydrogens (tertiary/aromatic N) is 7. The molecule has 0 atom stereocenters. The van der Waals surface area contributed by atoms with E-state index in [4.69, 9.17) is 4.98 Å². The first-order valence-corrected chi connectivity index (χ1v) is 15.5. The Kier molecular flexibility index (Phi) is 5.58. The standard InChI is InChI=1S/C29H30N8O3S/c1-34-15-20(13-32-34)25-23(19-6-4-18(12-30)5-7-19)24-26-22(14-31-27(24)33-25)35(2)28(38)37(26)21-8-10-29(11-9-21)16-36(17-29)41(3,39)40/h4-7,13-15,21H,8-11,16-17H2,1-3H3,(H,31,33). The Balaban J connectivity index is 1.40. The average molecular weight is 571 g/mol. The van der Waals surface area contributed by atoms with Gasteiger partial charge in [0.05, 0.1) is 52.4 Å². The van der Waals surface area contributed by atoms with Gasteiger partial charge in [0.2, 0.25) is 10.0 Å². The Labute approximate surface area is 236 Å². The van der Waals surface area contributed by atoms with Crippen LogP contribution in [0.25, 0.3) is 44.5 Å². The van der Waals surface area contributed by atoms with Gasteiger partial charge in [-0.25, -0.2) is 22.5 Å². The quantitative estimate of drug-likeness (QED) is 0.351. The minimum Gasteiger partial charge on any atom is -0.339 e. The van der Waals surface area contributed by atoms with E-state index in [1.807, 2.05) is 29.9 Å². The Hall–Kier alpha value is -4.21. The molecule has 11 nitrogen and oxygen atoms in total. The largest absolute Gasteiger partial charge is 0.339 e. The number of H-pyrrole nitrogens is 1. The third-order valence-electron chi connectivity index (χ3n) is 9.04. The summed E-state index contributed by atoms with van der Waals surface area (Å²) in [5, 5.41) is 14.6. The highest BCUT2D eigenvalue weighted by atomic mass is 32.2. The maximum atomic E-state index is 13.8. The lowest BCUT2D eigenvalue weighted by Gasteiger charge is -2.52. The number of aromatic nitrogens is 6. The van der Waals surface area contributed by atoms with Crippen molar-refractivity contribution in [1.82, 2.24) is 33.2 Å². The fraction of sp³-hybridized carbons (Fsp3) is 0.379. The van der Waals surface area contributed by atoms with Crippen molar-refractivity contribution in [1.29, 1.82) is 5.26 Å². The lowest BCUT2D eigenvalue weighted by Crippen LogP contribution is -2.59. The first-order chi connectivity index (χ1) is 19.6. The maximum absolute atomic E-state index is 13.8. The van der Waals surface area contributed by atoms with Crippen molar-refractivity contribution in [3.05, 3.63) is 58.9 Å². The smallest absolute Gasteiger partial charge is 0.329 e. The van der Waals surface area contributed by atoms with Gasteiger partial charge < -0.3 is 4.98 Å². The molecule has 0 unspecified atom stereocenters. The van der Waals surface area contributed by atoms with E-state index < -0.39 is 10.0 Å². The highest BCUT2D eigenvalue weighted by molar-refractivity contribution is 7.88. The van der Waals surface area contributed by atoms with Crippen LogP contribution < -0.4 is 5.69 Å². The zero-order chi connectivity index (χ0) is 28.7. The minimum absolute atomic E-state index is 0.000139. The molecule has 7 rings (SSSR count). The Bertz CT molecular complexity index is 2040. The van der Waals surface area contributed by atoms with Crippen molar-refractivity contribution in [2.45, 2.75) is 31.7 Å². The SMILES string of the molecule is Cn1cc(-c2[nH]c3ncc4c(c3c2-c2ccc(C#N)cc2)n(C2CCC3(CC2)CN(S(C)(=O)=O)C3)c(=O)n4C)cn1. The number of aromatic amines is 1. The van der Waals surface area contributed by atoms with Crippen molar-refractivity contribution in [3.8, 4) is 28.5 Å². The second-order valence-electron chi connectivity index (χ2n) is 11.7. The van der Waals surface area contributed by atoms with Crippen LogP contribution in [-0.4, -0.2) is 61.0 Å². The first kappa shape index (κ1) is 25.7. The van der Waals surface area contributed by atoms with E-state index in [1.54, 1.807) is 45.1 Å². The second kappa shape index (κ2) is 8.89. The van der Waals surface area contributed by atoms with E-state index in [2.05, 4.69) is 16.2 Å². The molecule has 1 aliphatic carbocycles. The number of aryl methyl sites for hydroxylation is 2. The van der Waals surface area contributed by atoms with Gasteiger partial charge in [0.25, 0.3) is 0 Å². The molecule has 0 bridgehead atoms. The fourth-order valence-electron chi connectivity index (χ4n) is 6.81. The van der Waals surface area contributed by atoms with Crippen molar-refractivity contribution in [2.75, 3.05) is 19.3 Å². The van der Waals surface area contributed by atoms with Crippen molar-refractivity contribution in [2.24, 2.45) is 19.5 Å². The van der Waals surface area contributed by atoms with E-state index in [9.17, 15) is 18.5 Å². The first-order valence-electron chi connectivity index (χ1n) is 13.6. The van der Waals surface area contributed by atoms with Crippen LogP contribution in [0.4, 0.5) is 0 Å². The van der Waals surface area contributed by atoms with E-state index in [0.717, 1.165) is 64.5 Å². The molecule has 1 saturated carbocycles. The van der Waals surface area contributed by atoms with E-state index in [-0.39, 0.29) is 17.1 Å². The van der Waals surface area contributed by atoms with Gasteiger partial charge in [-0.1, -0.05) is 12.1 Å². The number of hydrogen-bond acceptors (Lipinski definition) is 6. The molecule has 2 aliphatic rings. The molecule has 5 heterocycles. The van der Waals surface area contributed by atoms with Crippen LogP contribution in [0, 0.1) is 16.7 Å². The molecular weight excluding hydrogens is 540 g/mol. The number of sulfonamides is 1. The number of nitrogens with one attached hydrogen (secondary N) is 1. The molecule has 1 aliphatic heterocycles. The number of imidazole rings is 1. The van der Waals surface area contributed by atoms with Crippen LogP contribution in [0.2, 0.25) is 0 Å². The van der Waals surface area contributed by atoms with Gasteiger partial charge in [0.1, 0.15) is 5.65 Å². The lowest BCUT2D eigenvalue weighted by molar-refractivity contribution is 0.0177. The molecule has 1 saturated heterocycles. The number of hydrogen-bond donors (Lipinski definition) is 1. The van der Waals surface area contributed by atoms with Gasteiger partial charge in [-0.2, -0.15) is 10.4 Å². The van der Waals surface area contributed by atoms with Gasteiger partial charge in [-0.15, -0.1) is 0 Å². The van der Waals surface area contributed by atoms with Crippen LogP contribution in [0.5, 0.6) is 0 Å². The Morgan fingerprint density at radius 2 is 1.78 bits per heavy atom. The van der Waals surface area contributed by atoms with Crippen LogP contribution >= 0.6 is 0 Å². The Morgan fingerprint density at radius 3 is 2.39 bits per heavy atom. The molecular formula is C29H30N8O3S. The summed E-state index contributed by atoms with van der Waals surface area (Å²) in [5.74, 6) is 0. The maximum Gasteiger partial charge on any atom is 0.329 e. The third kappa shape index (κ3) is 3.94. The molecule has 5 aromatic rings. The summed E-state index contributed by atoms with van der Waals surface area (Å²) in [7, 11) is 0.472. The van der Waals surface area contributed by atoms with E-state index >= 15 is 0 Å². The van der Waals surface area contributed by atoms with Crippen LogP contribution in [0.15, 0.2) is 47.7 Å². The molecule has 0 radical (unpaired) electrons. The molecule has 0 amide bonds. The monoisotopic (exact) mass is 570 g/mol. The van der Waals surface area contributed by atoms with Crippen LogP contribution in [-0.2, 0) is 24.1 Å². The van der Waals surface area contributed by atoms with Gasteiger partial charge in [-0.3, -0.25) is 13.8 Å². The summed E-state index contributed by atoms with van der Waals surface area (Å²) in [6, 6.07) is 9.63. The number of rotatable bonds is 4. The second-order valence-corrected chi connectivity index (χ2v) is 13.6. The normalized spacial score (nSPS) is 17.8. The van der Waals surface area contributed by atoms with E-state index in [1.165, 1.54) is 6.26 Å². The topological polar surface area (TPSA) is 135 Å². The predicted octanol–water partition coefficient (Wildman–Crippen LogP) is 3.53. The van der Waals surface area contributed by atoms with Gasteiger partial charge in [-0.05, 0) is 48.8 Å². The highest BCUT2D eigenvalue weighted by Crippen LogP contribution is 2.49. The molecule has 1 N–H and O–H groups in total. The van der Waals surface area contributed by atoms with Gasteiger partial charge in [0, 0.05) is 50.6 Å². The molecule has 210 valence electrons. The summed E-state index contributed by atoms with van der Waals surface area (Å²) in [5.41, 5.74) is 6.29. The molecule has 1 spiro atoms. The zero-order valence-electron chi connectivity index (χ0n) is 23.1. The number of benzene rings is 1. The minimum atomic E-state index is -3.18. The third-order valence-corrected chi connectivity index (χ3v) is 10.2. The summed E-state index contributed by atoms with van der Waals surface area (Å²) in [6.45, 7) is 1.12. The van der Waals surface area contributed by atoms with E-state index in [0.29, 0.717) is 24.3 Å². The Morgan fingerprint density at radius 1 is 1.07 bits per heavy atom. The molecule has 2 fully saturated rings. The van der Waals surface area contributed by atoms with Crippen molar-refractivity contribution < 1.29 is 8.42 Å². The number of pyridine rings is 1. The predicted molar refractivity (Wildman–Crippen MR) is 156 cm³/mol. The van der Waals surface area contributed by atoms with Crippen molar-refractivity contribution in [3.63, 3.8) is 0 Å². The van der Waals surface area contributed by atoms with Crippen LogP contribution in [0.3, 0.4) is 0 Å². The number of fused-ring (bicyclic) bond motifs is 3. The molecule has 4 aromatic heterocycles. The zero-order valence-corrected chi connectivity index (χ0v) is 23.9. The fourth-order valence-corrected chi connectivity index (χ4v) is 7.83. The number of nitriles is 1. The highest BCUT2D eigenvalue weighted by Gasteiger charge is 2.48. The summed E-state index contributed by atoms with van der Waals surface area (Å²) in [4.78, 5) is 22.1. The van der Waals surface area contributed by atoms with Gasteiger partial charge in [0.15, 0.2) is 0 Å².